The Kier molecular flexibility index (Phi) is 3.10. The van der Waals surface area contributed by atoms with Gasteiger partial charge in [0, 0.05) is 11.8 Å². The van der Waals surface area contributed by atoms with Crippen LogP contribution in [0.1, 0.15) is 71.6 Å². The van der Waals surface area contributed by atoms with Gasteiger partial charge in [0.25, 0.3) is 0 Å². The number of ketones is 1. The van der Waals surface area contributed by atoms with Crippen molar-refractivity contribution in [2.75, 3.05) is 0 Å². The highest BCUT2D eigenvalue weighted by molar-refractivity contribution is 5.87. The first kappa shape index (κ1) is 14.2. The van der Waals surface area contributed by atoms with Gasteiger partial charge in [-0.05, 0) is 80.5 Å². The molecule has 0 amide bonds. The Bertz CT molecular complexity index is 458. The number of aliphatic hydroxyl groups excluding tert-OH is 1. The first-order chi connectivity index (χ1) is 9.95. The van der Waals surface area contributed by atoms with Crippen LogP contribution in [-0.4, -0.2) is 17.0 Å². The van der Waals surface area contributed by atoms with E-state index in [1.807, 2.05) is 0 Å². The van der Waals surface area contributed by atoms with E-state index in [4.69, 9.17) is 0 Å². The third-order valence-electron chi connectivity index (χ3n) is 8.35. The van der Waals surface area contributed by atoms with Crippen LogP contribution in [0.4, 0.5) is 0 Å². The highest BCUT2D eigenvalue weighted by Crippen LogP contribution is 2.65. The first-order valence-corrected chi connectivity index (χ1v) is 9.16. The van der Waals surface area contributed by atoms with E-state index in [1.165, 1.54) is 25.7 Å². The molecule has 0 heterocycles. The molecular weight excluding hydrogens is 260 g/mol. The number of rotatable bonds is 0. The number of fused-ring (bicyclic) bond motifs is 5. The van der Waals surface area contributed by atoms with Crippen LogP contribution in [0.15, 0.2) is 0 Å². The predicted octanol–water partition coefficient (Wildman–Crippen LogP) is 3.96. The summed E-state index contributed by atoms with van der Waals surface area (Å²) in [5, 5.41) is 10.0. The highest BCUT2D eigenvalue weighted by Gasteiger charge is 2.60. The van der Waals surface area contributed by atoms with E-state index in [9.17, 15) is 9.90 Å². The number of aliphatic hydroxyl groups is 1. The highest BCUT2D eigenvalue weighted by atomic mass is 16.3. The van der Waals surface area contributed by atoms with Crippen molar-refractivity contribution in [1.29, 1.82) is 0 Å². The van der Waals surface area contributed by atoms with E-state index in [2.05, 4.69) is 13.8 Å². The van der Waals surface area contributed by atoms with Crippen LogP contribution in [0.3, 0.4) is 0 Å². The van der Waals surface area contributed by atoms with Crippen molar-refractivity contribution in [1.82, 2.24) is 0 Å². The lowest BCUT2D eigenvalue weighted by atomic mass is 9.45. The number of hydrogen-bond donors (Lipinski definition) is 1. The molecule has 0 saturated heterocycles. The Balaban J connectivity index is 1.64. The molecule has 7 atom stereocenters. The van der Waals surface area contributed by atoms with Crippen molar-refractivity contribution < 1.29 is 9.90 Å². The van der Waals surface area contributed by atoms with Crippen LogP contribution in [0.2, 0.25) is 0 Å². The molecule has 1 N–H and O–H groups in total. The molecule has 118 valence electrons. The third-order valence-corrected chi connectivity index (χ3v) is 8.35. The van der Waals surface area contributed by atoms with Crippen molar-refractivity contribution in [3.63, 3.8) is 0 Å². The van der Waals surface area contributed by atoms with Gasteiger partial charge in [-0.25, -0.2) is 0 Å². The van der Waals surface area contributed by atoms with Crippen molar-refractivity contribution in [2.24, 2.45) is 34.5 Å². The standard InChI is InChI=1S/C19H30O2/c1-18-9-7-13(20)11-12(18)3-4-14-15-5-6-17(21)19(15,2)10-8-16(14)18/h12-16,20H,3-11H2,1-2H3/t12-,13+,14?,15?,16?,18-,19-/m0/s1. The summed E-state index contributed by atoms with van der Waals surface area (Å²) in [4.78, 5) is 12.4. The van der Waals surface area contributed by atoms with E-state index >= 15 is 0 Å². The van der Waals surface area contributed by atoms with E-state index < -0.39 is 0 Å². The zero-order chi connectivity index (χ0) is 14.8. The maximum absolute atomic E-state index is 12.4. The van der Waals surface area contributed by atoms with Crippen molar-refractivity contribution >= 4 is 5.78 Å². The van der Waals surface area contributed by atoms with Gasteiger partial charge in [0.2, 0.25) is 0 Å². The van der Waals surface area contributed by atoms with Crippen LogP contribution in [0, 0.1) is 34.5 Å². The SMILES string of the molecule is C[C@]12CCC3C(CC[C@H]4C[C@H](O)CC[C@]34C)C1CCC2=O. The summed E-state index contributed by atoms with van der Waals surface area (Å²) in [7, 11) is 0. The molecule has 0 aromatic carbocycles. The second-order valence-electron chi connectivity index (χ2n) is 9.00. The number of carbonyl (C=O) groups is 1. The Morgan fingerprint density at radius 3 is 2.62 bits per heavy atom. The zero-order valence-corrected chi connectivity index (χ0v) is 13.6. The fourth-order valence-electron chi connectivity index (χ4n) is 7.01. The summed E-state index contributed by atoms with van der Waals surface area (Å²) in [5.41, 5.74) is 0.452. The summed E-state index contributed by atoms with van der Waals surface area (Å²) in [6.45, 7) is 4.78. The quantitative estimate of drug-likeness (QED) is 0.733. The Morgan fingerprint density at radius 2 is 1.81 bits per heavy atom. The van der Waals surface area contributed by atoms with Crippen LogP contribution in [0.25, 0.3) is 0 Å². The Labute approximate surface area is 128 Å². The van der Waals surface area contributed by atoms with Crippen LogP contribution in [0.5, 0.6) is 0 Å². The fraction of sp³-hybridized carbons (Fsp3) is 0.947. The molecule has 21 heavy (non-hydrogen) atoms. The number of Topliss-reactive ketones (excluding diaryl/α,β-unsaturated/α-hetero) is 1. The van der Waals surface area contributed by atoms with Crippen LogP contribution < -0.4 is 0 Å². The summed E-state index contributed by atoms with van der Waals surface area (Å²) < 4.78 is 0. The first-order valence-electron chi connectivity index (χ1n) is 9.16. The van der Waals surface area contributed by atoms with Gasteiger partial charge in [-0.3, -0.25) is 4.79 Å². The summed E-state index contributed by atoms with van der Waals surface area (Å²) >= 11 is 0. The summed E-state index contributed by atoms with van der Waals surface area (Å²) in [6.07, 6.45) is 10.1. The van der Waals surface area contributed by atoms with Gasteiger partial charge in [0.15, 0.2) is 0 Å². The van der Waals surface area contributed by atoms with E-state index in [0.717, 1.165) is 49.9 Å². The average molecular weight is 290 g/mol. The maximum atomic E-state index is 12.4. The molecule has 4 aliphatic carbocycles. The molecule has 2 nitrogen and oxygen atoms in total. The third kappa shape index (κ3) is 1.84. The molecule has 4 aliphatic rings. The molecule has 0 spiro atoms. The van der Waals surface area contributed by atoms with Crippen LogP contribution in [-0.2, 0) is 4.79 Å². The maximum Gasteiger partial charge on any atom is 0.139 e. The molecule has 3 unspecified atom stereocenters. The van der Waals surface area contributed by atoms with Gasteiger partial charge in [0.05, 0.1) is 6.10 Å². The molecule has 0 radical (unpaired) electrons. The Morgan fingerprint density at radius 1 is 1.00 bits per heavy atom. The monoisotopic (exact) mass is 290 g/mol. The molecule has 0 aliphatic heterocycles. The predicted molar refractivity (Wildman–Crippen MR) is 82.7 cm³/mol. The van der Waals surface area contributed by atoms with E-state index in [-0.39, 0.29) is 11.5 Å². The van der Waals surface area contributed by atoms with Crippen molar-refractivity contribution in [3.05, 3.63) is 0 Å². The fourth-order valence-corrected chi connectivity index (χ4v) is 7.01. The van der Waals surface area contributed by atoms with Gasteiger partial charge >= 0.3 is 0 Å². The van der Waals surface area contributed by atoms with Crippen LogP contribution >= 0.6 is 0 Å². The minimum atomic E-state index is -0.0541. The molecule has 4 saturated carbocycles. The van der Waals surface area contributed by atoms with E-state index in [0.29, 0.717) is 17.1 Å². The zero-order valence-electron chi connectivity index (χ0n) is 13.6. The smallest absolute Gasteiger partial charge is 0.139 e. The molecule has 2 heteroatoms. The van der Waals surface area contributed by atoms with Gasteiger partial charge < -0.3 is 5.11 Å². The molecule has 4 rings (SSSR count). The lowest BCUT2D eigenvalue weighted by Gasteiger charge is -2.60. The molecule has 0 bridgehead atoms. The topological polar surface area (TPSA) is 37.3 Å². The number of carbonyl (C=O) groups excluding carboxylic acids is 1. The van der Waals surface area contributed by atoms with Gasteiger partial charge in [-0.2, -0.15) is 0 Å². The Hall–Kier alpha value is -0.370. The van der Waals surface area contributed by atoms with E-state index in [1.54, 1.807) is 0 Å². The number of hydrogen-bond acceptors (Lipinski definition) is 2. The van der Waals surface area contributed by atoms with Gasteiger partial charge in [0.1, 0.15) is 5.78 Å². The van der Waals surface area contributed by atoms with Gasteiger partial charge in [-0.15, -0.1) is 0 Å². The molecule has 0 aromatic heterocycles. The van der Waals surface area contributed by atoms with Gasteiger partial charge in [-0.1, -0.05) is 13.8 Å². The normalized spacial score (nSPS) is 56.5. The summed E-state index contributed by atoms with van der Waals surface area (Å²) in [6, 6.07) is 0. The second-order valence-corrected chi connectivity index (χ2v) is 9.00. The van der Waals surface area contributed by atoms with Crippen molar-refractivity contribution in [3.8, 4) is 0 Å². The lowest BCUT2D eigenvalue weighted by molar-refractivity contribution is -0.142. The minimum Gasteiger partial charge on any atom is -0.393 e. The average Bonchev–Trinajstić information content (AvgIpc) is 2.76. The molecule has 4 fully saturated rings. The van der Waals surface area contributed by atoms with Crippen molar-refractivity contribution in [2.45, 2.75) is 77.7 Å². The molecule has 0 aromatic rings. The second kappa shape index (κ2) is 4.57. The largest absolute Gasteiger partial charge is 0.393 e. The molecular formula is C19H30O2. The summed E-state index contributed by atoms with van der Waals surface area (Å²) in [5.74, 6) is 3.54. The minimum absolute atomic E-state index is 0.0124. The lowest BCUT2D eigenvalue weighted by Crippen LogP contribution is -2.54.